The van der Waals surface area contributed by atoms with Crippen LogP contribution in [0.1, 0.15) is 13.8 Å². The molecular formula is C7H9O2P. The van der Waals surface area contributed by atoms with Crippen molar-refractivity contribution < 1.29 is 9.13 Å². The standard InChI is InChI=1S/C7H9O2P/c1-5-3-7(10(8)9)4-6(5)2/h3-4,7H,1-2H3. The van der Waals surface area contributed by atoms with Crippen molar-refractivity contribution in [1.82, 2.24) is 0 Å². The van der Waals surface area contributed by atoms with Gasteiger partial charge in [-0.15, -0.1) is 0 Å². The molecular weight excluding hydrogens is 147 g/mol. The van der Waals surface area contributed by atoms with Crippen molar-refractivity contribution in [3.8, 4) is 0 Å². The van der Waals surface area contributed by atoms with Crippen molar-refractivity contribution >= 4 is 7.68 Å². The molecule has 2 nitrogen and oxygen atoms in total. The van der Waals surface area contributed by atoms with Gasteiger partial charge in [0.15, 0.2) is 0 Å². The molecule has 0 N–H and O–H groups in total. The van der Waals surface area contributed by atoms with Gasteiger partial charge in [-0.1, -0.05) is 23.3 Å². The van der Waals surface area contributed by atoms with E-state index in [9.17, 15) is 9.13 Å². The molecule has 1 rings (SSSR count). The second-order valence-electron chi connectivity index (χ2n) is 2.48. The third-order valence-corrected chi connectivity index (χ3v) is 2.49. The molecule has 3 heteroatoms. The van der Waals surface area contributed by atoms with Gasteiger partial charge in [0.2, 0.25) is 0 Å². The minimum absolute atomic E-state index is 0.352. The summed E-state index contributed by atoms with van der Waals surface area (Å²) in [7, 11) is -2.31. The van der Waals surface area contributed by atoms with Gasteiger partial charge in [-0.2, -0.15) is 0 Å². The molecule has 0 aliphatic heterocycles. The SMILES string of the molecule is CC1=CC(P(=O)=O)C=C1C. The second-order valence-corrected chi connectivity index (χ2v) is 3.64. The molecule has 0 unspecified atom stereocenters. The molecule has 0 aromatic rings. The summed E-state index contributed by atoms with van der Waals surface area (Å²) in [4.78, 5) is 0. The summed E-state index contributed by atoms with van der Waals surface area (Å²) in [5, 5.41) is 0. The van der Waals surface area contributed by atoms with Crippen LogP contribution in [0.2, 0.25) is 0 Å². The number of hydrogen-bond acceptors (Lipinski definition) is 2. The van der Waals surface area contributed by atoms with Crippen LogP contribution in [0.5, 0.6) is 0 Å². The average molecular weight is 156 g/mol. The van der Waals surface area contributed by atoms with Crippen LogP contribution in [0.4, 0.5) is 0 Å². The van der Waals surface area contributed by atoms with Crippen LogP contribution in [0.25, 0.3) is 0 Å². The fraction of sp³-hybridized carbons (Fsp3) is 0.429. The Morgan fingerprint density at radius 3 is 1.80 bits per heavy atom. The van der Waals surface area contributed by atoms with Gasteiger partial charge in [-0.3, -0.25) is 0 Å². The Balaban J connectivity index is 2.93. The van der Waals surface area contributed by atoms with E-state index in [1.807, 2.05) is 13.8 Å². The van der Waals surface area contributed by atoms with E-state index in [0.29, 0.717) is 0 Å². The Hall–Kier alpha value is -0.620. The first-order chi connectivity index (χ1) is 4.61. The van der Waals surface area contributed by atoms with E-state index in [2.05, 4.69) is 0 Å². The van der Waals surface area contributed by atoms with Gasteiger partial charge < -0.3 is 0 Å². The molecule has 0 radical (unpaired) electrons. The Bertz CT molecular complexity index is 245. The normalized spacial score (nSPS) is 18.6. The summed E-state index contributed by atoms with van der Waals surface area (Å²) in [6.45, 7) is 3.84. The van der Waals surface area contributed by atoms with E-state index in [-0.39, 0.29) is 5.66 Å². The van der Waals surface area contributed by atoms with Crippen molar-refractivity contribution in [3.63, 3.8) is 0 Å². The summed E-state index contributed by atoms with van der Waals surface area (Å²) in [5.41, 5.74) is 1.79. The van der Waals surface area contributed by atoms with Crippen molar-refractivity contribution in [2.75, 3.05) is 0 Å². The lowest BCUT2D eigenvalue weighted by Crippen LogP contribution is -1.81. The van der Waals surface area contributed by atoms with Gasteiger partial charge in [0, 0.05) is 0 Å². The Morgan fingerprint density at radius 2 is 1.60 bits per heavy atom. The van der Waals surface area contributed by atoms with E-state index in [0.717, 1.165) is 11.1 Å². The van der Waals surface area contributed by atoms with Crippen molar-refractivity contribution in [3.05, 3.63) is 23.3 Å². The number of allylic oxidation sites excluding steroid dienone is 4. The molecule has 0 atom stereocenters. The maximum atomic E-state index is 10.4. The van der Waals surface area contributed by atoms with E-state index in [4.69, 9.17) is 0 Å². The average Bonchev–Trinajstić information content (AvgIpc) is 2.13. The lowest BCUT2D eigenvalue weighted by atomic mass is 10.2. The third-order valence-electron chi connectivity index (χ3n) is 1.71. The zero-order valence-corrected chi connectivity index (χ0v) is 6.89. The van der Waals surface area contributed by atoms with Crippen LogP contribution in [-0.4, -0.2) is 5.66 Å². The maximum absolute atomic E-state index is 10.4. The molecule has 54 valence electrons. The molecule has 0 saturated heterocycles. The van der Waals surface area contributed by atoms with E-state index >= 15 is 0 Å². The molecule has 1 aliphatic rings. The van der Waals surface area contributed by atoms with Gasteiger partial charge in [0.1, 0.15) is 5.66 Å². The molecule has 0 aromatic heterocycles. The summed E-state index contributed by atoms with van der Waals surface area (Å²) in [6.07, 6.45) is 3.53. The largest absolute Gasteiger partial charge is 0.326 e. The van der Waals surface area contributed by atoms with E-state index in [1.54, 1.807) is 12.2 Å². The van der Waals surface area contributed by atoms with Gasteiger partial charge in [-0.05, 0) is 13.8 Å². The van der Waals surface area contributed by atoms with Crippen LogP contribution in [0.3, 0.4) is 0 Å². The lowest BCUT2D eigenvalue weighted by molar-refractivity contribution is 0.514. The second kappa shape index (κ2) is 2.55. The van der Waals surface area contributed by atoms with Gasteiger partial charge >= 0.3 is 7.68 Å². The highest BCUT2D eigenvalue weighted by molar-refractivity contribution is 7.32. The Morgan fingerprint density at radius 1 is 1.20 bits per heavy atom. The zero-order chi connectivity index (χ0) is 7.72. The Labute approximate surface area is 60.5 Å². The van der Waals surface area contributed by atoms with Gasteiger partial charge in [0.05, 0.1) is 0 Å². The molecule has 0 saturated carbocycles. The predicted octanol–water partition coefficient (Wildman–Crippen LogP) is 2.43. The Kier molecular flexibility index (Phi) is 1.91. The quantitative estimate of drug-likeness (QED) is 0.546. The highest BCUT2D eigenvalue weighted by Gasteiger charge is 2.15. The van der Waals surface area contributed by atoms with Crippen molar-refractivity contribution in [2.24, 2.45) is 0 Å². The fourth-order valence-corrected chi connectivity index (χ4v) is 1.64. The minimum atomic E-state index is -2.31. The van der Waals surface area contributed by atoms with Crippen LogP contribution in [-0.2, 0) is 9.13 Å². The zero-order valence-electron chi connectivity index (χ0n) is 6.00. The summed E-state index contributed by atoms with van der Waals surface area (Å²) in [5.74, 6) is 0. The van der Waals surface area contributed by atoms with Crippen LogP contribution < -0.4 is 0 Å². The summed E-state index contributed by atoms with van der Waals surface area (Å²) >= 11 is 0. The first kappa shape index (κ1) is 7.49. The summed E-state index contributed by atoms with van der Waals surface area (Å²) < 4.78 is 20.9. The molecule has 0 aromatic carbocycles. The molecule has 1 aliphatic carbocycles. The van der Waals surface area contributed by atoms with E-state index in [1.165, 1.54) is 0 Å². The summed E-state index contributed by atoms with van der Waals surface area (Å²) in [6, 6.07) is 0. The first-order valence-corrected chi connectivity index (χ1v) is 4.36. The highest BCUT2D eigenvalue weighted by Crippen LogP contribution is 2.28. The number of rotatable bonds is 1. The smallest absolute Gasteiger partial charge is 0.236 e. The van der Waals surface area contributed by atoms with Gasteiger partial charge in [0.25, 0.3) is 0 Å². The molecule has 0 amide bonds. The third kappa shape index (κ3) is 1.27. The maximum Gasteiger partial charge on any atom is 0.326 e. The van der Waals surface area contributed by atoms with Gasteiger partial charge in [-0.25, -0.2) is 9.13 Å². The fourth-order valence-electron chi connectivity index (χ4n) is 0.945. The van der Waals surface area contributed by atoms with Crippen LogP contribution >= 0.6 is 7.68 Å². The number of hydrogen-bond donors (Lipinski definition) is 0. The molecule has 0 spiro atoms. The first-order valence-electron chi connectivity index (χ1n) is 3.12. The van der Waals surface area contributed by atoms with Crippen molar-refractivity contribution in [2.45, 2.75) is 19.5 Å². The minimum Gasteiger partial charge on any atom is -0.236 e. The molecule has 0 bridgehead atoms. The van der Waals surface area contributed by atoms with Crippen LogP contribution in [0.15, 0.2) is 23.3 Å². The van der Waals surface area contributed by atoms with Crippen molar-refractivity contribution in [1.29, 1.82) is 0 Å². The molecule has 0 fully saturated rings. The monoisotopic (exact) mass is 156 g/mol. The molecule has 0 heterocycles. The lowest BCUT2D eigenvalue weighted by Gasteiger charge is -1.87. The van der Waals surface area contributed by atoms with Crippen LogP contribution in [0, 0.1) is 0 Å². The molecule has 10 heavy (non-hydrogen) atoms. The predicted molar refractivity (Wildman–Crippen MR) is 39.6 cm³/mol. The highest BCUT2D eigenvalue weighted by atomic mass is 31.1. The topological polar surface area (TPSA) is 34.1 Å². The van der Waals surface area contributed by atoms with E-state index < -0.39 is 7.68 Å².